The minimum Gasteiger partial charge on any atom is -0.314 e. The molecule has 17 heavy (non-hydrogen) atoms. The van der Waals surface area contributed by atoms with Crippen LogP contribution in [0.25, 0.3) is 0 Å². The molecule has 1 aliphatic rings. The van der Waals surface area contributed by atoms with Gasteiger partial charge < -0.3 is 5.32 Å². The van der Waals surface area contributed by atoms with E-state index in [2.05, 4.69) is 26.1 Å². The van der Waals surface area contributed by atoms with E-state index < -0.39 is 0 Å². The molecule has 0 radical (unpaired) electrons. The largest absolute Gasteiger partial charge is 0.314 e. The first-order chi connectivity index (χ1) is 8.24. The fourth-order valence-electron chi connectivity index (χ4n) is 2.94. The van der Waals surface area contributed by atoms with Crippen LogP contribution in [0.1, 0.15) is 78.6 Å². The Kier molecular flexibility index (Phi) is 7.92. The minimum atomic E-state index is 0.817. The van der Waals surface area contributed by atoms with E-state index in [0.29, 0.717) is 0 Å². The molecule has 1 nitrogen and oxygen atoms in total. The van der Waals surface area contributed by atoms with Crippen molar-refractivity contribution in [1.82, 2.24) is 5.32 Å². The Labute approximate surface area is 109 Å². The second kappa shape index (κ2) is 8.97. The number of rotatable bonds is 8. The summed E-state index contributed by atoms with van der Waals surface area (Å²) in [6, 6.07) is 0.817. The molecule has 1 rings (SSSR count). The summed E-state index contributed by atoms with van der Waals surface area (Å²) in [5.41, 5.74) is 0. The van der Waals surface area contributed by atoms with Gasteiger partial charge in [0.1, 0.15) is 0 Å². The van der Waals surface area contributed by atoms with Gasteiger partial charge in [-0.15, -0.1) is 0 Å². The molecule has 1 N–H and O–H groups in total. The molecule has 1 saturated carbocycles. The second-order valence-corrected chi connectivity index (χ2v) is 6.19. The third-order valence-corrected chi connectivity index (χ3v) is 4.56. The van der Waals surface area contributed by atoms with E-state index in [9.17, 15) is 0 Å². The van der Waals surface area contributed by atoms with Gasteiger partial charge in [-0.05, 0) is 44.1 Å². The third-order valence-electron chi connectivity index (χ3n) is 4.56. The van der Waals surface area contributed by atoms with Crippen LogP contribution in [0.15, 0.2) is 0 Å². The van der Waals surface area contributed by atoms with Crippen LogP contribution in [0.2, 0.25) is 0 Å². The highest BCUT2D eigenvalue weighted by Crippen LogP contribution is 2.29. The highest BCUT2D eigenvalue weighted by molar-refractivity contribution is 4.79. The first kappa shape index (κ1) is 15.0. The van der Waals surface area contributed by atoms with Crippen LogP contribution in [-0.2, 0) is 0 Å². The molecule has 1 aliphatic carbocycles. The van der Waals surface area contributed by atoms with Gasteiger partial charge in [0, 0.05) is 6.04 Å². The molecule has 0 saturated heterocycles. The number of hydrogen-bond donors (Lipinski definition) is 1. The van der Waals surface area contributed by atoms with Crippen molar-refractivity contribution in [2.24, 2.45) is 11.8 Å². The molecule has 0 aromatic rings. The summed E-state index contributed by atoms with van der Waals surface area (Å²) >= 11 is 0. The van der Waals surface area contributed by atoms with E-state index in [1.165, 1.54) is 64.3 Å². The molecule has 1 fully saturated rings. The number of unbranched alkanes of at least 4 members (excludes halogenated alkanes) is 5. The molecular weight excluding hydrogens is 206 g/mol. The lowest BCUT2D eigenvalue weighted by Gasteiger charge is -2.32. The average Bonchev–Trinajstić information content (AvgIpc) is 2.32. The molecule has 0 aromatic carbocycles. The zero-order valence-corrected chi connectivity index (χ0v) is 12.3. The average molecular weight is 239 g/mol. The van der Waals surface area contributed by atoms with Crippen LogP contribution < -0.4 is 5.32 Å². The summed E-state index contributed by atoms with van der Waals surface area (Å²) in [6.45, 7) is 8.36. The Balaban J connectivity index is 1.92. The van der Waals surface area contributed by atoms with Crippen LogP contribution in [0.4, 0.5) is 0 Å². The van der Waals surface area contributed by atoms with Crippen LogP contribution in [0, 0.1) is 11.8 Å². The zero-order valence-electron chi connectivity index (χ0n) is 12.3. The van der Waals surface area contributed by atoms with Crippen molar-refractivity contribution in [3.8, 4) is 0 Å². The Hall–Kier alpha value is -0.0400. The quantitative estimate of drug-likeness (QED) is 0.602. The van der Waals surface area contributed by atoms with Crippen molar-refractivity contribution in [3.63, 3.8) is 0 Å². The lowest BCUT2D eigenvalue weighted by atomic mass is 9.79. The molecule has 3 atom stereocenters. The van der Waals surface area contributed by atoms with Gasteiger partial charge in [-0.1, -0.05) is 52.9 Å². The molecular formula is C16H33N. The summed E-state index contributed by atoms with van der Waals surface area (Å²) in [5, 5.41) is 3.76. The summed E-state index contributed by atoms with van der Waals surface area (Å²) in [4.78, 5) is 0. The van der Waals surface area contributed by atoms with Crippen molar-refractivity contribution in [1.29, 1.82) is 0 Å². The third kappa shape index (κ3) is 6.45. The van der Waals surface area contributed by atoms with E-state index in [0.717, 1.165) is 17.9 Å². The Morgan fingerprint density at radius 1 is 0.882 bits per heavy atom. The summed E-state index contributed by atoms with van der Waals surface area (Å²) in [7, 11) is 0. The molecule has 0 spiro atoms. The van der Waals surface area contributed by atoms with Crippen LogP contribution in [0.5, 0.6) is 0 Å². The lowest BCUT2D eigenvalue weighted by Crippen LogP contribution is -2.36. The number of nitrogens with one attached hydrogen (secondary N) is 1. The van der Waals surface area contributed by atoms with Gasteiger partial charge in [0.2, 0.25) is 0 Å². The Morgan fingerprint density at radius 2 is 1.59 bits per heavy atom. The highest BCUT2D eigenvalue weighted by Gasteiger charge is 2.23. The zero-order chi connectivity index (χ0) is 12.5. The first-order valence-corrected chi connectivity index (χ1v) is 7.97. The van der Waals surface area contributed by atoms with E-state index in [4.69, 9.17) is 0 Å². The predicted octanol–water partition coefficient (Wildman–Crippen LogP) is 4.76. The fourth-order valence-corrected chi connectivity index (χ4v) is 2.94. The molecule has 3 unspecified atom stereocenters. The van der Waals surface area contributed by atoms with E-state index in [1.54, 1.807) is 0 Å². The maximum Gasteiger partial charge on any atom is 0.00698 e. The lowest BCUT2D eigenvalue weighted by molar-refractivity contribution is 0.226. The summed E-state index contributed by atoms with van der Waals surface area (Å²) in [5.74, 6) is 1.87. The summed E-state index contributed by atoms with van der Waals surface area (Å²) < 4.78 is 0. The van der Waals surface area contributed by atoms with Gasteiger partial charge in [-0.3, -0.25) is 0 Å². The topological polar surface area (TPSA) is 12.0 Å². The van der Waals surface area contributed by atoms with Gasteiger partial charge in [0.05, 0.1) is 0 Å². The van der Waals surface area contributed by atoms with Crippen LogP contribution in [0.3, 0.4) is 0 Å². The smallest absolute Gasteiger partial charge is 0.00698 e. The minimum absolute atomic E-state index is 0.817. The van der Waals surface area contributed by atoms with Crippen molar-refractivity contribution in [3.05, 3.63) is 0 Å². The van der Waals surface area contributed by atoms with Gasteiger partial charge in [-0.25, -0.2) is 0 Å². The number of hydrogen-bond acceptors (Lipinski definition) is 1. The maximum absolute atomic E-state index is 3.76. The highest BCUT2D eigenvalue weighted by atomic mass is 14.9. The second-order valence-electron chi connectivity index (χ2n) is 6.19. The molecule has 0 bridgehead atoms. The van der Waals surface area contributed by atoms with Crippen LogP contribution in [-0.4, -0.2) is 12.6 Å². The Morgan fingerprint density at radius 3 is 2.29 bits per heavy atom. The van der Waals surface area contributed by atoms with Crippen molar-refractivity contribution in [2.45, 2.75) is 84.6 Å². The maximum atomic E-state index is 3.76. The normalized spacial score (nSPS) is 29.5. The molecule has 0 aliphatic heterocycles. The predicted molar refractivity (Wildman–Crippen MR) is 77.3 cm³/mol. The van der Waals surface area contributed by atoms with Crippen molar-refractivity contribution < 1.29 is 0 Å². The van der Waals surface area contributed by atoms with Gasteiger partial charge in [0.15, 0.2) is 0 Å². The van der Waals surface area contributed by atoms with Gasteiger partial charge in [-0.2, -0.15) is 0 Å². The SMILES string of the molecule is CCCCCCCCNC1CCC(C)C(C)C1. The van der Waals surface area contributed by atoms with E-state index in [1.807, 2.05) is 0 Å². The molecule has 0 aromatic heterocycles. The van der Waals surface area contributed by atoms with Crippen LogP contribution >= 0.6 is 0 Å². The van der Waals surface area contributed by atoms with E-state index >= 15 is 0 Å². The summed E-state index contributed by atoms with van der Waals surface area (Å²) in [6.07, 6.45) is 12.7. The molecule has 1 heteroatoms. The fraction of sp³-hybridized carbons (Fsp3) is 1.00. The van der Waals surface area contributed by atoms with Crippen molar-refractivity contribution >= 4 is 0 Å². The first-order valence-electron chi connectivity index (χ1n) is 7.97. The Bertz CT molecular complexity index is 178. The monoisotopic (exact) mass is 239 g/mol. The van der Waals surface area contributed by atoms with E-state index in [-0.39, 0.29) is 0 Å². The molecule has 0 heterocycles. The van der Waals surface area contributed by atoms with Crippen molar-refractivity contribution in [2.75, 3.05) is 6.54 Å². The molecule has 102 valence electrons. The van der Waals surface area contributed by atoms with Gasteiger partial charge in [0.25, 0.3) is 0 Å². The van der Waals surface area contributed by atoms with Gasteiger partial charge >= 0.3 is 0 Å². The molecule has 0 amide bonds. The standard InChI is InChI=1S/C16H33N/c1-4-5-6-7-8-9-12-17-16-11-10-14(2)15(3)13-16/h14-17H,4-13H2,1-3H3.